The lowest BCUT2D eigenvalue weighted by atomic mass is 9.83. The molecule has 17 heavy (non-hydrogen) atoms. The van der Waals surface area contributed by atoms with E-state index in [0.717, 1.165) is 19.3 Å². The summed E-state index contributed by atoms with van der Waals surface area (Å²) in [5.41, 5.74) is 5.97. The predicted molar refractivity (Wildman–Crippen MR) is 64.2 cm³/mol. The highest BCUT2D eigenvalue weighted by Gasteiger charge is 2.23. The van der Waals surface area contributed by atoms with Crippen LogP contribution in [0.2, 0.25) is 0 Å². The fraction of sp³-hybridized carbons (Fsp3) is 0.833. The molecule has 0 heterocycles. The van der Waals surface area contributed by atoms with E-state index in [-0.39, 0.29) is 24.3 Å². The summed E-state index contributed by atoms with van der Waals surface area (Å²) in [5, 5.41) is 2.72. The zero-order valence-electron chi connectivity index (χ0n) is 10.4. The number of nitrogens with one attached hydrogen (secondary N) is 1. The number of amides is 1. The van der Waals surface area contributed by atoms with E-state index in [2.05, 4.69) is 10.1 Å². The second-order valence-corrected chi connectivity index (χ2v) is 4.59. The molecule has 2 atom stereocenters. The number of ether oxygens (including phenoxy) is 1. The predicted octanol–water partition coefficient (Wildman–Crippen LogP) is 0.573. The van der Waals surface area contributed by atoms with Gasteiger partial charge in [0.1, 0.15) is 0 Å². The standard InChI is InChI=1S/C12H22N2O3/c1-17-12(16)6-7-14-11(15)8-9-4-2-3-5-10(9)13/h9-10H,2-8,13H2,1H3,(H,14,15). The molecule has 1 aliphatic carbocycles. The van der Waals surface area contributed by atoms with Crippen LogP contribution in [0.1, 0.15) is 38.5 Å². The maximum absolute atomic E-state index is 11.6. The van der Waals surface area contributed by atoms with Crippen molar-refractivity contribution in [2.75, 3.05) is 13.7 Å². The van der Waals surface area contributed by atoms with Gasteiger partial charge in [-0.05, 0) is 18.8 Å². The van der Waals surface area contributed by atoms with Gasteiger partial charge in [-0.3, -0.25) is 9.59 Å². The molecule has 5 nitrogen and oxygen atoms in total. The monoisotopic (exact) mass is 242 g/mol. The molecule has 1 aliphatic rings. The number of carbonyl (C=O) groups is 2. The van der Waals surface area contributed by atoms with E-state index in [4.69, 9.17) is 5.73 Å². The fourth-order valence-corrected chi connectivity index (χ4v) is 2.21. The Balaban J connectivity index is 2.17. The summed E-state index contributed by atoms with van der Waals surface area (Å²) in [6, 6.07) is 0.148. The van der Waals surface area contributed by atoms with Crippen molar-refractivity contribution in [1.29, 1.82) is 0 Å². The number of esters is 1. The van der Waals surface area contributed by atoms with E-state index in [1.54, 1.807) is 0 Å². The SMILES string of the molecule is COC(=O)CCNC(=O)CC1CCCCC1N. The second-order valence-electron chi connectivity index (χ2n) is 4.59. The largest absolute Gasteiger partial charge is 0.469 e. The minimum absolute atomic E-state index is 0.0174. The number of carbonyl (C=O) groups excluding carboxylic acids is 2. The van der Waals surface area contributed by atoms with Gasteiger partial charge in [-0.25, -0.2) is 0 Å². The molecule has 0 aromatic carbocycles. The summed E-state index contributed by atoms with van der Waals surface area (Å²) in [6.07, 6.45) is 5.07. The highest BCUT2D eigenvalue weighted by molar-refractivity contribution is 5.77. The van der Waals surface area contributed by atoms with Crippen LogP contribution in [0.25, 0.3) is 0 Å². The first-order valence-corrected chi connectivity index (χ1v) is 6.22. The quantitative estimate of drug-likeness (QED) is 0.691. The molecule has 98 valence electrons. The van der Waals surface area contributed by atoms with Crippen molar-refractivity contribution in [1.82, 2.24) is 5.32 Å². The van der Waals surface area contributed by atoms with Gasteiger partial charge >= 0.3 is 5.97 Å². The number of hydrogen-bond donors (Lipinski definition) is 2. The molecule has 5 heteroatoms. The maximum Gasteiger partial charge on any atom is 0.307 e. The summed E-state index contributed by atoms with van der Waals surface area (Å²) in [5.74, 6) is -0.0298. The van der Waals surface area contributed by atoms with E-state index < -0.39 is 0 Å². The smallest absolute Gasteiger partial charge is 0.307 e. The topological polar surface area (TPSA) is 81.4 Å². The number of nitrogens with two attached hydrogens (primary N) is 1. The van der Waals surface area contributed by atoms with Crippen LogP contribution >= 0.6 is 0 Å². The van der Waals surface area contributed by atoms with Gasteiger partial charge in [0, 0.05) is 19.0 Å². The third kappa shape index (κ3) is 5.17. The first-order valence-electron chi connectivity index (χ1n) is 6.22. The zero-order valence-corrected chi connectivity index (χ0v) is 10.4. The van der Waals surface area contributed by atoms with Gasteiger partial charge < -0.3 is 15.8 Å². The summed E-state index contributed by atoms with van der Waals surface area (Å²) in [4.78, 5) is 22.4. The molecule has 0 aromatic rings. The summed E-state index contributed by atoms with van der Waals surface area (Å²) < 4.78 is 4.49. The summed E-state index contributed by atoms with van der Waals surface area (Å²) >= 11 is 0. The number of methoxy groups -OCH3 is 1. The van der Waals surface area contributed by atoms with Gasteiger partial charge in [0.15, 0.2) is 0 Å². The Labute approximate surface area is 102 Å². The van der Waals surface area contributed by atoms with E-state index in [9.17, 15) is 9.59 Å². The molecule has 0 radical (unpaired) electrons. The lowest BCUT2D eigenvalue weighted by molar-refractivity contribution is -0.140. The Kier molecular flexibility index (Phi) is 5.97. The van der Waals surface area contributed by atoms with E-state index in [0.29, 0.717) is 18.9 Å². The molecule has 0 aromatic heterocycles. The van der Waals surface area contributed by atoms with Crippen LogP contribution in [-0.4, -0.2) is 31.6 Å². The number of hydrogen-bond acceptors (Lipinski definition) is 4. The lowest BCUT2D eigenvalue weighted by Gasteiger charge is -2.27. The third-order valence-corrected chi connectivity index (χ3v) is 3.29. The summed E-state index contributed by atoms with van der Waals surface area (Å²) in [7, 11) is 1.34. The molecular weight excluding hydrogens is 220 g/mol. The highest BCUT2D eigenvalue weighted by atomic mass is 16.5. The van der Waals surface area contributed by atoms with Crippen LogP contribution in [0, 0.1) is 5.92 Å². The Morgan fingerprint density at radius 2 is 2.06 bits per heavy atom. The molecule has 0 saturated heterocycles. The van der Waals surface area contributed by atoms with Crippen molar-refractivity contribution in [2.45, 2.75) is 44.6 Å². The van der Waals surface area contributed by atoms with Crippen molar-refractivity contribution in [2.24, 2.45) is 11.7 Å². The zero-order chi connectivity index (χ0) is 12.7. The maximum atomic E-state index is 11.6. The minimum atomic E-state index is -0.306. The van der Waals surface area contributed by atoms with Crippen LogP contribution in [-0.2, 0) is 14.3 Å². The molecule has 1 amide bonds. The first kappa shape index (κ1) is 14.0. The van der Waals surface area contributed by atoms with Crippen LogP contribution < -0.4 is 11.1 Å². The Bertz CT molecular complexity index is 268. The first-order chi connectivity index (χ1) is 8.13. The van der Waals surface area contributed by atoms with Gasteiger partial charge in [0.2, 0.25) is 5.91 Å². The van der Waals surface area contributed by atoms with Crippen molar-refractivity contribution in [3.63, 3.8) is 0 Å². The molecular formula is C12H22N2O3. The average molecular weight is 242 g/mol. The van der Waals surface area contributed by atoms with Gasteiger partial charge in [-0.15, -0.1) is 0 Å². The van der Waals surface area contributed by atoms with E-state index in [1.165, 1.54) is 13.5 Å². The average Bonchev–Trinajstić information content (AvgIpc) is 2.32. The Morgan fingerprint density at radius 3 is 2.71 bits per heavy atom. The molecule has 3 N–H and O–H groups in total. The molecule has 1 saturated carbocycles. The van der Waals surface area contributed by atoms with Gasteiger partial charge in [0.05, 0.1) is 13.5 Å². The minimum Gasteiger partial charge on any atom is -0.469 e. The molecule has 0 aliphatic heterocycles. The van der Waals surface area contributed by atoms with Crippen molar-refractivity contribution >= 4 is 11.9 Å². The van der Waals surface area contributed by atoms with Crippen molar-refractivity contribution < 1.29 is 14.3 Å². The Morgan fingerprint density at radius 1 is 1.35 bits per heavy atom. The molecule has 1 fully saturated rings. The third-order valence-electron chi connectivity index (χ3n) is 3.29. The molecule has 0 spiro atoms. The highest BCUT2D eigenvalue weighted by Crippen LogP contribution is 2.25. The number of rotatable bonds is 5. The van der Waals surface area contributed by atoms with Crippen molar-refractivity contribution in [3.8, 4) is 0 Å². The van der Waals surface area contributed by atoms with E-state index >= 15 is 0 Å². The molecule has 1 rings (SSSR count). The van der Waals surface area contributed by atoms with Crippen molar-refractivity contribution in [3.05, 3.63) is 0 Å². The van der Waals surface area contributed by atoms with E-state index in [1.807, 2.05) is 0 Å². The second kappa shape index (κ2) is 7.27. The molecule has 2 unspecified atom stereocenters. The lowest BCUT2D eigenvalue weighted by Crippen LogP contribution is -2.37. The van der Waals surface area contributed by atoms with Crippen LogP contribution in [0.3, 0.4) is 0 Å². The normalized spacial score (nSPS) is 24.1. The van der Waals surface area contributed by atoms with Gasteiger partial charge in [-0.1, -0.05) is 12.8 Å². The van der Waals surface area contributed by atoms with Gasteiger partial charge in [-0.2, -0.15) is 0 Å². The summed E-state index contributed by atoms with van der Waals surface area (Å²) in [6.45, 7) is 0.341. The van der Waals surface area contributed by atoms with Crippen LogP contribution in [0.15, 0.2) is 0 Å². The fourth-order valence-electron chi connectivity index (χ4n) is 2.21. The van der Waals surface area contributed by atoms with Crippen LogP contribution in [0.4, 0.5) is 0 Å². The van der Waals surface area contributed by atoms with Gasteiger partial charge in [0.25, 0.3) is 0 Å². The van der Waals surface area contributed by atoms with Crippen LogP contribution in [0.5, 0.6) is 0 Å². The Hall–Kier alpha value is -1.10. The molecule has 0 bridgehead atoms.